The van der Waals surface area contributed by atoms with Gasteiger partial charge in [0.25, 0.3) is 0 Å². The molecule has 3 rings (SSSR count). The fourth-order valence-corrected chi connectivity index (χ4v) is 2.48. The number of ether oxygens (including phenoxy) is 1. The molecule has 0 atom stereocenters. The number of pyridine rings is 1. The molecule has 0 aliphatic heterocycles. The third-order valence-corrected chi connectivity index (χ3v) is 4.35. The van der Waals surface area contributed by atoms with Crippen molar-refractivity contribution in [1.82, 2.24) is 15.6 Å². The smallest absolute Gasteiger partial charge is 0.213 e. The van der Waals surface area contributed by atoms with E-state index in [2.05, 4.69) is 51.8 Å². The van der Waals surface area contributed by atoms with Gasteiger partial charge in [-0.05, 0) is 42.4 Å². The molecule has 1 fully saturated rings. The molecule has 0 radical (unpaired) electrons. The maximum Gasteiger partial charge on any atom is 0.213 e. The normalized spacial score (nSPS) is 13.7. The average molecular weight is 466 g/mol. The number of halogens is 1. The third-order valence-electron chi connectivity index (χ3n) is 4.35. The predicted molar refractivity (Wildman–Crippen MR) is 116 cm³/mol. The van der Waals surface area contributed by atoms with Crippen LogP contribution < -0.4 is 15.4 Å². The first-order valence-corrected chi connectivity index (χ1v) is 8.81. The molecule has 1 aliphatic carbocycles. The van der Waals surface area contributed by atoms with E-state index in [1.165, 1.54) is 24.0 Å². The van der Waals surface area contributed by atoms with Crippen LogP contribution in [-0.2, 0) is 13.1 Å². The van der Waals surface area contributed by atoms with E-state index in [9.17, 15) is 0 Å². The zero-order valence-electron chi connectivity index (χ0n) is 15.4. The summed E-state index contributed by atoms with van der Waals surface area (Å²) in [5, 5.41) is 6.65. The monoisotopic (exact) mass is 466 g/mol. The SMILES string of the molecule is CN=C(NCc1ccc(OCC2CC2)nc1)NCc1ccccc1C.I. The standard InChI is InChI=1S/C20H26N4O.HI/c1-15-5-3-4-6-18(15)13-24-20(21-2)23-12-17-9-10-19(22-11-17)25-14-16-7-8-16;/h3-6,9-11,16H,7-8,12-14H2,1-2H3,(H2,21,23,24);1H. The summed E-state index contributed by atoms with van der Waals surface area (Å²) in [4.78, 5) is 8.64. The van der Waals surface area contributed by atoms with E-state index < -0.39 is 0 Å². The summed E-state index contributed by atoms with van der Waals surface area (Å²) < 4.78 is 5.66. The fourth-order valence-electron chi connectivity index (χ4n) is 2.48. The molecular formula is C20H27IN4O. The van der Waals surface area contributed by atoms with Crippen molar-refractivity contribution in [3.05, 3.63) is 59.3 Å². The Labute approximate surface area is 172 Å². The van der Waals surface area contributed by atoms with Gasteiger partial charge < -0.3 is 15.4 Å². The van der Waals surface area contributed by atoms with Gasteiger partial charge in [-0.2, -0.15) is 0 Å². The Kier molecular flexibility index (Phi) is 8.15. The van der Waals surface area contributed by atoms with Crippen molar-refractivity contribution in [3.63, 3.8) is 0 Å². The predicted octanol–water partition coefficient (Wildman–Crippen LogP) is 3.66. The average Bonchev–Trinajstić information content (AvgIpc) is 3.47. The van der Waals surface area contributed by atoms with Crippen LogP contribution >= 0.6 is 24.0 Å². The topological polar surface area (TPSA) is 58.5 Å². The highest BCUT2D eigenvalue weighted by Gasteiger charge is 2.21. The number of aryl methyl sites for hydroxylation is 1. The van der Waals surface area contributed by atoms with Gasteiger partial charge in [-0.25, -0.2) is 4.98 Å². The first kappa shape index (κ1) is 20.5. The second-order valence-electron chi connectivity index (χ2n) is 6.46. The molecule has 1 heterocycles. The maximum absolute atomic E-state index is 5.66. The molecule has 6 heteroatoms. The number of hydrogen-bond acceptors (Lipinski definition) is 3. The molecule has 1 aromatic carbocycles. The highest BCUT2D eigenvalue weighted by Crippen LogP contribution is 2.29. The number of aliphatic imine (C=N–C) groups is 1. The van der Waals surface area contributed by atoms with Crippen molar-refractivity contribution in [2.24, 2.45) is 10.9 Å². The summed E-state index contributed by atoms with van der Waals surface area (Å²) in [5.74, 6) is 2.22. The Morgan fingerprint density at radius 2 is 1.92 bits per heavy atom. The van der Waals surface area contributed by atoms with Crippen molar-refractivity contribution in [2.45, 2.75) is 32.9 Å². The number of aromatic nitrogens is 1. The lowest BCUT2D eigenvalue weighted by Gasteiger charge is -2.13. The highest BCUT2D eigenvalue weighted by atomic mass is 127. The molecule has 0 bridgehead atoms. The zero-order chi connectivity index (χ0) is 17.5. The van der Waals surface area contributed by atoms with Crippen LogP contribution in [0.5, 0.6) is 5.88 Å². The van der Waals surface area contributed by atoms with Crippen molar-refractivity contribution in [3.8, 4) is 5.88 Å². The lowest BCUT2D eigenvalue weighted by atomic mass is 10.1. The minimum Gasteiger partial charge on any atom is -0.477 e. The van der Waals surface area contributed by atoms with Gasteiger partial charge in [0, 0.05) is 32.4 Å². The molecule has 140 valence electrons. The summed E-state index contributed by atoms with van der Waals surface area (Å²) in [7, 11) is 1.78. The van der Waals surface area contributed by atoms with Gasteiger partial charge in [0.15, 0.2) is 5.96 Å². The van der Waals surface area contributed by atoms with E-state index in [-0.39, 0.29) is 24.0 Å². The fraction of sp³-hybridized carbons (Fsp3) is 0.400. The van der Waals surface area contributed by atoms with Gasteiger partial charge in [-0.15, -0.1) is 24.0 Å². The molecule has 2 aromatic rings. The van der Waals surface area contributed by atoms with Crippen molar-refractivity contribution in [2.75, 3.05) is 13.7 Å². The van der Waals surface area contributed by atoms with Crippen LogP contribution in [0.15, 0.2) is 47.6 Å². The van der Waals surface area contributed by atoms with Crippen molar-refractivity contribution >= 4 is 29.9 Å². The molecule has 26 heavy (non-hydrogen) atoms. The lowest BCUT2D eigenvalue weighted by molar-refractivity contribution is 0.288. The summed E-state index contributed by atoms with van der Waals surface area (Å²) >= 11 is 0. The maximum atomic E-state index is 5.66. The van der Waals surface area contributed by atoms with Crippen LogP contribution in [0.3, 0.4) is 0 Å². The van der Waals surface area contributed by atoms with Gasteiger partial charge in [-0.1, -0.05) is 30.3 Å². The van der Waals surface area contributed by atoms with E-state index in [0.717, 1.165) is 30.6 Å². The molecule has 0 unspecified atom stereocenters. The van der Waals surface area contributed by atoms with Crippen LogP contribution in [0.2, 0.25) is 0 Å². The van der Waals surface area contributed by atoms with Gasteiger partial charge in [0.1, 0.15) is 0 Å². The quantitative estimate of drug-likeness (QED) is 0.372. The summed E-state index contributed by atoms with van der Waals surface area (Å²) in [6, 6.07) is 12.3. The number of guanidine groups is 1. The van der Waals surface area contributed by atoms with Gasteiger partial charge in [0.2, 0.25) is 5.88 Å². The first-order valence-electron chi connectivity index (χ1n) is 8.81. The minimum atomic E-state index is 0. The summed E-state index contributed by atoms with van der Waals surface area (Å²) in [6.45, 7) is 4.33. The highest BCUT2D eigenvalue weighted by molar-refractivity contribution is 14.0. The van der Waals surface area contributed by atoms with E-state index in [1.807, 2.05) is 18.3 Å². The molecule has 2 N–H and O–H groups in total. The Hall–Kier alpha value is -1.83. The van der Waals surface area contributed by atoms with E-state index in [0.29, 0.717) is 12.4 Å². The van der Waals surface area contributed by atoms with Crippen LogP contribution in [0.1, 0.15) is 29.5 Å². The molecule has 1 saturated carbocycles. The van der Waals surface area contributed by atoms with Gasteiger partial charge in [0.05, 0.1) is 6.61 Å². The molecular weight excluding hydrogens is 439 g/mol. The van der Waals surface area contributed by atoms with Gasteiger partial charge in [-0.3, -0.25) is 4.99 Å². The molecule has 1 aliphatic rings. The Bertz CT molecular complexity index is 714. The van der Waals surface area contributed by atoms with Crippen LogP contribution in [0.25, 0.3) is 0 Å². The van der Waals surface area contributed by atoms with Crippen LogP contribution in [-0.4, -0.2) is 24.6 Å². The second-order valence-corrected chi connectivity index (χ2v) is 6.46. The molecule has 1 aromatic heterocycles. The summed E-state index contributed by atoms with van der Waals surface area (Å²) in [5.41, 5.74) is 3.64. The second kappa shape index (κ2) is 10.4. The number of nitrogens with zero attached hydrogens (tertiary/aromatic N) is 2. The number of rotatable bonds is 7. The Balaban J connectivity index is 0.00000243. The van der Waals surface area contributed by atoms with Crippen LogP contribution in [0, 0.1) is 12.8 Å². The molecule has 5 nitrogen and oxygen atoms in total. The van der Waals surface area contributed by atoms with Crippen molar-refractivity contribution in [1.29, 1.82) is 0 Å². The largest absolute Gasteiger partial charge is 0.477 e. The lowest BCUT2D eigenvalue weighted by Crippen LogP contribution is -2.36. The Morgan fingerprint density at radius 3 is 2.58 bits per heavy atom. The number of nitrogens with one attached hydrogen (secondary N) is 2. The van der Waals surface area contributed by atoms with E-state index in [4.69, 9.17) is 4.74 Å². The van der Waals surface area contributed by atoms with Crippen molar-refractivity contribution < 1.29 is 4.74 Å². The number of benzene rings is 1. The Morgan fingerprint density at radius 1 is 1.15 bits per heavy atom. The molecule has 0 saturated heterocycles. The first-order chi connectivity index (χ1) is 12.2. The summed E-state index contributed by atoms with van der Waals surface area (Å²) in [6.07, 6.45) is 4.43. The molecule has 0 spiro atoms. The van der Waals surface area contributed by atoms with E-state index in [1.54, 1.807) is 7.05 Å². The molecule has 0 amide bonds. The minimum absolute atomic E-state index is 0. The number of hydrogen-bond donors (Lipinski definition) is 2. The zero-order valence-corrected chi connectivity index (χ0v) is 17.7. The third kappa shape index (κ3) is 6.48. The van der Waals surface area contributed by atoms with Crippen LogP contribution in [0.4, 0.5) is 0 Å². The van der Waals surface area contributed by atoms with E-state index >= 15 is 0 Å². The van der Waals surface area contributed by atoms with Gasteiger partial charge >= 0.3 is 0 Å².